The van der Waals surface area contributed by atoms with Gasteiger partial charge in [0, 0.05) is 24.2 Å². The highest BCUT2D eigenvalue weighted by atomic mass is 16.6. The van der Waals surface area contributed by atoms with Gasteiger partial charge in [0.15, 0.2) is 11.6 Å². The zero-order valence-corrected chi connectivity index (χ0v) is 20.2. The van der Waals surface area contributed by atoms with Gasteiger partial charge in [-0.15, -0.1) is 0 Å². The highest BCUT2D eigenvalue weighted by Gasteiger charge is 2.43. The predicted molar refractivity (Wildman–Crippen MR) is 127 cm³/mol. The number of amides is 2. The van der Waals surface area contributed by atoms with E-state index in [0.29, 0.717) is 36.3 Å². The van der Waals surface area contributed by atoms with Crippen LogP contribution >= 0.6 is 0 Å². The van der Waals surface area contributed by atoms with E-state index >= 15 is 0 Å². The maximum absolute atomic E-state index is 12.8. The Morgan fingerprint density at radius 3 is 2.71 bits per heavy atom. The van der Waals surface area contributed by atoms with Gasteiger partial charge < -0.3 is 23.8 Å². The summed E-state index contributed by atoms with van der Waals surface area (Å²) in [5.41, 5.74) is -0.703. The minimum atomic E-state index is -0.813. The van der Waals surface area contributed by atoms with Crippen molar-refractivity contribution in [1.29, 1.82) is 0 Å². The fraction of sp³-hybridized carbons (Fsp3) is 0.500. The number of benzene rings is 1. The number of rotatable bonds is 4. The number of fused-ring (bicyclic) bond motifs is 3. The molecule has 0 spiro atoms. The normalized spacial score (nSPS) is 19.9. The van der Waals surface area contributed by atoms with Gasteiger partial charge in [-0.25, -0.2) is 9.79 Å². The number of likely N-dealkylation sites (N-methyl/N-ethyl adjacent to an activating group) is 1. The Morgan fingerprint density at radius 2 is 2.03 bits per heavy atom. The number of likely N-dealkylation sites (tertiary alicyclic amines) is 1. The molecule has 4 rings (SSSR count). The van der Waals surface area contributed by atoms with Crippen LogP contribution in [0.4, 0.5) is 10.6 Å². The summed E-state index contributed by atoms with van der Waals surface area (Å²) in [5, 5.41) is 1.56. The summed E-state index contributed by atoms with van der Waals surface area (Å²) in [4.78, 5) is 36.8. The van der Waals surface area contributed by atoms with E-state index < -0.39 is 29.7 Å². The smallest absolute Gasteiger partial charge is 0.411 e. The van der Waals surface area contributed by atoms with E-state index in [1.54, 1.807) is 27.9 Å². The van der Waals surface area contributed by atoms with Gasteiger partial charge >= 0.3 is 6.09 Å². The maximum atomic E-state index is 12.8. The molecule has 34 heavy (non-hydrogen) atoms. The molecule has 0 saturated carbocycles. The molecule has 2 amide bonds. The first-order chi connectivity index (χ1) is 16.1. The summed E-state index contributed by atoms with van der Waals surface area (Å²) < 4.78 is 23.2. The number of methoxy groups -OCH3 is 1. The Labute approximate surface area is 198 Å². The van der Waals surface area contributed by atoms with Gasteiger partial charge in [0.05, 0.1) is 20.2 Å². The summed E-state index contributed by atoms with van der Waals surface area (Å²) in [6.45, 7) is 10.0. The molecule has 0 bridgehead atoms. The van der Waals surface area contributed by atoms with Gasteiger partial charge in [-0.05, 0) is 45.7 Å². The fourth-order valence-corrected chi connectivity index (χ4v) is 4.14. The molecule has 10 nitrogen and oxygen atoms in total. The average molecular weight is 471 g/mol. The SMILES string of the molecule is C=NC(=O)[C@@H]1C[C@@H](Oc2nc3c(c4cc(OC)ccc24)OCCN3C)CN1C(=O)OC(C)(C)C. The lowest BCUT2D eigenvalue weighted by atomic mass is 10.1. The first-order valence-corrected chi connectivity index (χ1v) is 11.1. The minimum Gasteiger partial charge on any atom is -0.497 e. The van der Waals surface area contributed by atoms with E-state index in [1.807, 2.05) is 30.1 Å². The molecule has 1 aromatic carbocycles. The summed E-state index contributed by atoms with van der Waals surface area (Å²) in [7, 11) is 3.54. The van der Waals surface area contributed by atoms with Crippen molar-refractivity contribution in [2.24, 2.45) is 4.99 Å². The van der Waals surface area contributed by atoms with Crippen molar-refractivity contribution in [3.05, 3.63) is 18.2 Å². The van der Waals surface area contributed by atoms with Crippen molar-refractivity contribution in [3.63, 3.8) is 0 Å². The lowest BCUT2D eigenvalue weighted by molar-refractivity contribution is -0.122. The molecular weight excluding hydrogens is 440 g/mol. The van der Waals surface area contributed by atoms with E-state index in [4.69, 9.17) is 23.9 Å². The molecule has 1 fully saturated rings. The van der Waals surface area contributed by atoms with Crippen molar-refractivity contribution in [1.82, 2.24) is 9.88 Å². The third-order valence-corrected chi connectivity index (χ3v) is 5.76. The average Bonchev–Trinajstić information content (AvgIpc) is 3.22. The number of nitrogens with zero attached hydrogens (tertiary/aromatic N) is 4. The van der Waals surface area contributed by atoms with Gasteiger partial charge in [0.25, 0.3) is 5.91 Å². The Bertz CT molecular complexity index is 1130. The number of hydrogen-bond donors (Lipinski definition) is 0. The number of anilines is 1. The van der Waals surface area contributed by atoms with Crippen LogP contribution in [0.25, 0.3) is 10.8 Å². The van der Waals surface area contributed by atoms with Gasteiger partial charge in [0.2, 0.25) is 5.88 Å². The molecule has 1 saturated heterocycles. The molecule has 0 unspecified atom stereocenters. The number of aromatic nitrogens is 1. The molecule has 10 heteroatoms. The van der Waals surface area contributed by atoms with Gasteiger partial charge in [-0.2, -0.15) is 4.98 Å². The summed E-state index contributed by atoms with van der Waals surface area (Å²) in [6, 6.07) is 4.76. The Kier molecular flexibility index (Phi) is 6.24. The number of hydrogen-bond acceptors (Lipinski definition) is 8. The zero-order valence-electron chi connectivity index (χ0n) is 20.2. The van der Waals surface area contributed by atoms with Crippen LogP contribution in [0, 0.1) is 0 Å². The number of ether oxygens (including phenoxy) is 4. The lowest BCUT2D eigenvalue weighted by Crippen LogP contribution is -2.43. The number of carbonyl (C=O) groups is 2. The highest BCUT2D eigenvalue weighted by molar-refractivity contribution is 5.97. The van der Waals surface area contributed by atoms with Crippen LogP contribution in [-0.2, 0) is 9.53 Å². The topological polar surface area (TPSA) is 103 Å². The fourth-order valence-electron chi connectivity index (χ4n) is 4.14. The quantitative estimate of drug-likeness (QED) is 0.628. The second-order valence-electron chi connectivity index (χ2n) is 9.37. The van der Waals surface area contributed by atoms with E-state index in [1.165, 1.54) is 4.90 Å². The summed E-state index contributed by atoms with van der Waals surface area (Å²) >= 11 is 0. The molecule has 1 aromatic heterocycles. The summed E-state index contributed by atoms with van der Waals surface area (Å²) in [5.74, 6) is 1.90. The molecule has 2 aliphatic heterocycles. The standard InChI is InChI=1S/C24H30N4O6/c1-24(2,3)34-23(30)28-13-15(12-18(28)21(29)25-4)33-22-16-8-7-14(31-6)11-17(16)19-20(26-22)27(5)9-10-32-19/h7-8,11,15,18H,4,9-10,12-13H2,1-3,5-6H3/t15-,18+/m1/s1. The molecule has 0 radical (unpaired) electrons. The lowest BCUT2D eigenvalue weighted by Gasteiger charge is -2.29. The van der Waals surface area contributed by atoms with Gasteiger partial charge in [-0.3, -0.25) is 9.69 Å². The Balaban J connectivity index is 1.68. The van der Waals surface area contributed by atoms with Crippen LogP contribution in [0.15, 0.2) is 23.2 Å². The first kappa shape index (κ1) is 23.6. The number of carbonyl (C=O) groups excluding carboxylic acids is 2. The molecule has 3 heterocycles. The van der Waals surface area contributed by atoms with Gasteiger partial charge in [0.1, 0.15) is 30.1 Å². The minimum absolute atomic E-state index is 0.156. The summed E-state index contributed by atoms with van der Waals surface area (Å²) in [6.07, 6.45) is -0.838. The van der Waals surface area contributed by atoms with Gasteiger partial charge in [-0.1, -0.05) is 0 Å². The van der Waals surface area contributed by atoms with Crippen LogP contribution in [0.3, 0.4) is 0 Å². The van der Waals surface area contributed by atoms with Crippen LogP contribution < -0.4 is 19.1 Å². The second-order valence-corrected chi connectivity index (χ2v) is 9.37. The molecule has 2 atom stereocenters. The number of pyridine rings is 1. The highest BCUT2D eigenvalue weighted by Crippen LogP contribution is 2.42. The third-order valence-electron chi connectivity index (χ3n) is 5.76. The molecule has 0 aliphatic carbocycles. The Hall–Kier alpha value is -3.56. The second kappa shape index (κ2) is 9.00. The largest absolute Gasteiger partial charge is 0.497 e. The van der Waals surface area contributed by atoms with Crippen LogP contribution in [-0.4, -0.2) is 80.2 Å². The van der Waals surface area contributed by atoms with Crippen molar-refractivity contribution in [3.8, 4) is 17.4 Å². The molecule has 2 aliphatic rings. The molecule has 2 aromatic rings. The number of aliphatic imine (C=N–C) groups is 1. The van der Waals surface area contributed by atoms with E-state index in [2.05, 4.69) is 11.7 Å². The van der Waals surface area contributed by atoms with Crippen molar-refractivity contribution in [2.45, 2.75) is 44.9 Å². The van der Waals surface area contributed by atoms with Crippen LogP contribution in [0.2, 0.25) is 0 Å². The molecule has 0 N–H and O–H groups in total. The van der Waals surface area contributed by atoms with E-state index in [-0.39, 0.29) is 13.0 Å². The van der Waals surface area contributed by atoms with Crippen molar-refractivity contribution >= 4 is 35.3 Å². The Morgan fingerprint density at radius 1 is 1.26 bits per heavy atom. The zero-order chi connectivity index (χ0) is 24.6. The molecule has 182 valence electrons. The maximum Gasteiger partial charge on any atom is 0.411 e. The van der Waals surface area contributed by atoms with E-state index in [0.717, 1.165) is 10.8 Å². The van der Waals surface area contributed by atoms with Crippen molar-refractivity contribution < 1.29 is 28.5 Å². The van der Waals surface area contributed by atoms with Crippen LogP contribution in [0.1, 0.15) is 27.2 Å². The molecular formula is C24H30N4O6. The third kappa shape index (κ3) is 4.57. The van der Waals surface area contributed by atoms with E-state index in [9.17, 15) is 9.59 Å². The monoisotopic (exact) mass is 470 g/mol. The van der Waals surface area contributed by atoms with Crippen LogP contribution in [0.5, 0.6) is 17.4 Å². The van der Waals surface area contributed by atoms with Crippen molar-refractivity contribution in [2.75, 3.05) is 38.8 Å². The first-order valence-electron chi connectivity index (χ1n) is 11.1. The predicted octanol–water partition coefficient (Wildman–Crippen LogP) is 3.06.